The zero-order valence-electron chi connectivity index (χ0n) is 51.5. The van der Waals surface area contributed by atoms with Crippen LogP contribution in [-0.2, 0) is 0 Å². The second kappa shape index (κ2) is 27.0. The van der Waals surface area contributed by atoms with Crippen molar-refractivity contribution in [1.29, 1.82) is 0 Å². The fourth-order valence-corrected chi connectivity index (χ4v) is 12.8. The van der Waals surface area contributed by atoms with Crippen molar-refractivity contribution >= 4 is 66.4 Å². The molecule has 0 heterocycles. The van der Waals surface area contributed by atoms with Gasteiger partial charge in [0.1, 0.15) is 18.1 Å². The molecule has 0 bridgehead atoms. The molecule has 0 N–H and O–H groups in total. The molecular weight excluding hydrogens is 1140 g/mol. The van der Waals surface area contributed by atoms with Crippen LogP contribution in [0.4, 0.5) is 34.1 Å². The Morgan fingerprint density at radius 3 is 0.606 bits per heavy atom. The Bertz CT molecular complexity index is 4520. The quantitative estimate of drug-likeness (QED) is 0.0789. The summed E-state index contributed by atoms with van der Waals surface area (Å²) in [6.45, 7) is 0. The molecule has 94 heavy (non-hydrogen) atoms. The lowest BCUT2D eigenvalue weighted by Crippen LogP contribution is -2.09. The van der Waals surface area contributed by atoms with Crippen LogP contribution in [0.1, 0.15) is 51.5 Å². The summed E-state index contributed by atoms with van der Waals surface area (Å²) in [6.07, 6.45) is 0. The Balaban J connectivity index is 0.775. The largest absolute Gasteiger partial charge is 0.311 e. The first-order valence-electron chi connectivity index (χ1n) is 31.8. The Morgan fingerprint density at radius 1 is 0.181 bits per heavy atom. The third kappa shape index (κ3) is 12.2. The highest BCUT2D eigenvalue weighted by molar-refractivity contribution is 6.05. The highest BCUT2D eigenvalue weighted by Gasteiger charge is 2.20. The molecule has 0 spiro atoms. The average Bonchev–Trinajstić information content (AvgIpc) is 0.806. The molecule has 7 nitrogen and oxygen atoms in total. The van der Waals surface area contributed by atoms with Crippen molar-refractivity contribution in [2.75, 3.05) is 4.90 Å². The van der Waals surface area contributed by atoms with Gasteiger partial charge in [-0.1, -0.05) is 309 Å². The molecule has 0 unspecified atom stereocenters. The maximum Gasteiger partial charge on any atom is 0.121 e. The SMILES string of the molecule is c1ccc(C(N=Nc2ccc(-c3ccc(N(c4ccc(-c5ccc(N=NC(c6ccccc6)c6ccccc6)c6ccccc56)cc4)c4ccc(-c5ccc(N=NC(c6ccccc6)c6ccccc6)c6ccccc56)cc4)cc3)c3ccccc23)c2ccccc2)cc1. The number of fused-ring (bicyclic) bond motifs is 3. The van der Waals surface area contributed by atoms with Gasteiger partial charge in [0.05, 0.1) is 17.1 Å². The zero-order valence-corrected chi connectivity index (χ0v) is 51.5. The molecule has 7 heteroatoms. The van der Waals surface area contributed by atoms with Crippen LogP contribution in [0.3, 0.4) is 0 Å². The average molecular weight is 1210 g/mol. The van der Waals surface area contributed by atoms with E-state index in [9.17, 15) is 0 Å². The lowest BCUT2D eigenvalue weighted by molar-refractivity contribution is 0.810. The van der Waals surface area contributed by atoms with Crippen molar-refractivity contribution in [2.45, 2.75) is 18.1 Å². The van der Waals surface area contributed by atoms with Gasteiger partial charge < -0.3 is 4.90 Å². The Labute approximate surface area is 547 Å². The molecule has 0 aliphatic heterocycles. The summed E-state index contributed by atoms with van der Waals surface area (Å²) >= 11 is 0. The lowest BCUT2D eigenvalue weighted by Gasteiger charge is -2.26. The highest BCUT2D eigenvalue weighted by Crippen LogP contribution is 2.44. The summed E-state index contributed by atoms with van der Waals surface area (Å²) in [5, 5.41) is 36.4. The number of hydrogen-bond donors (Lipinski definition) is 0. The maximum atomic E-state index is 5.02. The van der Waals surface area contributed by atoms with Gasteiger partial charge in [0.25, 0.3) is 0 Å². The molecular formula is C87H63N7. The van der Waals surface area contributed by atoms with Gasteiger partial charge in [0.15, 0.2) is 0 Å². The van der Waals surface area contributed by atoms with Crippen molar-refractivity contribution < 1.29 is 0 Å². The van der Waals surface area contributed by atoms with Gasteiger partial charge in [-0.2, -0.15) is 30.7 Å². The molecule has 0 aromatic heterocycles. The fraction of sp³-hybridized carbons (Fsp3) is 0.0345. The molecule has 0 saturated heterocycles. The molecule has 15 aromatic rings. The third-order valence-corrected chi connectivity index (χ3v) is 17.5. The fourth-order valence-electron chi connectivity index (χ4n) is 12.8. The summed E-state index contributed by atoms with van der Waals surface area (Å²) in [5.41, 5.74) is 18.7. The number of anilines is 3. The smallest absolute Gasteiger partial charge is 0.121 e. The molecule has 446 valence electrons. The van der Waals surface area contributed by atoms with E-state index in [0.717, 1.165) is 133 Å². The summed E-state index contributed by atoms with van der Waals surface area (Å²) < 4.78 is 0. The second-order valence-electron chi connectivity index (χ2n) is 23.3. The number of azo groups is 3. The minimum atomic E-state index is -0.243. The van der Waals surface area contributed by atoms with E-state index in [1.54, 1.807) is 0 Å². The van der Waals surface area contributed by atoms with Crippen molar-refractivity contribution in [3.05, 3.63) is 397 Å². The topological polar surface area (TPSA) is 77.4 Å². The number of benzene rings is 15. The van der Waals surface area contributed by atoms with Crippen LogP contribution in [0.25, 0.3) is 65.7 Å². The molecule has 0 amide bonds. The van der Waals surface area contributed by atoms with Crippen LogP contribution < -0.4 is 4.90 Å². The minimum absolute atomic E-state index is 0.243. The molecule has 15 aromatic carbocycles. The molecule has 15 rings (SSSR count). The first-order valence-corrected chi connectivity index (χ1v) is 31.8. The molecule has 0 saturated carbocycles. The summed E-state index contributed by atoms with van der Waals surface area (Å²) in [7, 11) is 0. The van der Waals surface area contributed by atoms with Crippen molar-refractivity contribution in [3.8, 4) is 33.4 Å². The van der Waals surface area contributed by atoms with Crippen molar-refractivity contribution in [1.82, 2.24) is 0 Å². The van der Waals surface area contributed by atoms with E-state index < -0.39 is 0 Å². The minimum Gasteiger partial charge on any atom is -0.311 e. The third-order valence-electron chi connectivity index (χ3n) is 17.5. The van der Waals surface area contributed by atoms with Crippen LogP contribution in [0, 0.1) is 0 Å². The maximum absolute atomic E-state index is 5.02. The number of rotatable bonds is 18. The Kier molecular flexibility index (Phi) is 16.7. The normalized spacial score (nSPS) is 11.8. The summed E-state index contributed by atoms with van der Waals surface area (Å²) in [5.74, 6) is 0. The van der Waals surface area contributed by atoms with Gasteiger partial charge in [-0.25, -0.2) is 0 Å². The van der Waals surface area contributed by atoms with E-state index in [1.807, 2.05) is 36.4 Å². The van der Waals surface area contributed by atoms with Gasteiger partial charge in [-0.3, -0.25) is 0 Å². The zero-order chi connectivity index (χ0) is 62.8. The Morgan fingerprint density at radius 2 is 0.383 bits per heavy atom. The van der Waals surface area contributed by atoms with Gasteiger partial charge in [0.2, 0.25) is 0 Å². The standard InChI is InChI=1S/C87H63N7/c1-7-25-64(26-8-1)85(65-27-9-2-10-28-65)91-88-82-58-55-73(76-37-19-22-40-79(76)82)61-43-49-70(50-44-61)94(71-51-45-62(46-52-71)74-56-59-83(80-41-23-20-38-77(74)80)89-92-86(66-29-11-3-12-30-66)67-31-13-4-14-32-67)72-53-47-63(48-54-72)75-57-60-84(81-42-24-21-39-78(75)81)90-93-87(68-33-15-5-16-34-68)69-35-17-6-18-36-69/h1-60,85-87H. The van der Waals surface area contributed by atoms with Gasteiger partial charge in [0, 0.05) is 33.2 Å². The van der Waals surface area contributed by atoms with E-state index in [-0.39, 0.29) is 18.1 Å². The lowest BCUT2D eigenvalue weighted by atomic mass is 9.96. The Hall–Kier alpha value is -12.3. The van der Waals surface area contributed by atoms with Gasteiger partial charge >= 0.3 is 0 Å². The summed E-state index contributed by atoms with van der Waals surface area (Å²) in [4.78, 5) is 2.34. The van der Waals surface area contributed by atoms with Crippen LogP contribution >= 0.6 is 0 Å². The molecule has 0 aliphatic rings. The van der Waals surface area contributed by atoms with Gasteiger partial charge in [-0.15, -0.1) is 0 Å². The van der Waals surface area contributed by atoms with E-state index in [1.165, 1.54) is 0 Å². The van der Waals surface area contributed by atoms with Crippen LogP contribution in [0.5, 0.6) is 0 Å². The number of nitrogens with zero attached hydrogens (tertiary/aromatic N) is 7. The summed E-state index contributed by atoms with van der Waals surface area (Å²) in [6, 6.07) is 127. The van der Waals surface area contributed by atoms with Crippen molar-refractivity contribution in [2.24, 2.45) is 30.7 Å². The van der Waals surface area contributed by atoms with E-state index in [0.29, 0.717) is 0 Å². The van der Waals surface area contributed by atoms with Crippen LogP contribution in [-0.4, -0.2) is 0 Å². The monoisotopic (exact) mass is 1210 g/mol. The first kappa shape index (κ1) is 58.1. The second-order valence-corrected chi connectivity index (χ2v) is 23.3. The van der Waals surface area contributed by atoms with Gasteiger partial charge in [-0.05, 0) is 138 Å². The predicted octanol–water partition coefficient (Wildman–Crippen LogP) is 25.2. The number of hydrogen-bond acceptors (Lipinski definition) is 7. The van der Waals surface area contributed by atoms with Crippen LogP contribution in [0.15, 0.2) is 395 Å². The molecule has 0 radical (unpaired) electrons. The highest BCUT2D eigenvalue weighted by atomic mass is 15.1. The predicted molar refractivity (Wildman–Crippen MR) is 388 cm³/mol. The van der Waals surface area contributed by atoms with E-state index in [2.05, 4.69) is 332 Å². The molecule has 0 aliphatic carbocycles. The first-order chi connectivity index (χ1) is 46.6. The molecule has 0 fully saturated rings. The van der Waals surface area contributed by atoms with Crippen LogP contribution in [0.2, 0.25) is 0 Å². The van der Waals surface area contributed by atoms with E-state index in [4.69, 9.17) is 30.7 Å². The van der Waals surface area contributed by atoms with E-state index >= 15 is 0 Å². The molecule has 0 atom stereocenters. The van der Waals surface area contributed by atoms with Crippen molar-refractivity contribution in [3.63, 3.8) is 0 Å².